The molecule has 1 saturated carbocycles. The van der Waals surface area contributed by atoms with Crippen molar-refractivity contribution >= 4 is 16.8 Å². The molecule has 0 aliphatic heterocycles. The molecule has 1 aliphatic rings. The first-order valence-electron chi connectivity index (χ1n) is 9.14. The molecule has 0 saturated heterocycles. The SMILES string of the molecule is COc1ccc2c(c1)c(C(=O)NCC(C)CO)c(C)n2C1CCCC1. The molecule has 1 atom stereocenters. The minimum Gasteiger partial charge on any atom is -0.497 e. The van der Waals surface area contributed by atoms with E-state index in [1.54, 1.807) is 7.11 Å². The Balaban J connectivity index is 2.06. The average molecular weight is 344 g/mol. The molecule has 1 amide bonds. The van der Waals surface area contributed by atoms with Gasteiger partial charge in [-0.2, -0.15) is 0 Å². The van der Waals surface area contributed by atoms with Crippen molar-refractivity contribution in [2.24, 2.45) is 5.92 Å². The van der Waals surface area contributed by atoms with Gasteiger partial charge >= 0.3 is 0 Å². The van der Waals surface area contributed by atoms with Crippen molar-refractivity contribution in [3.05, 3.63) is 29.5 Å². The molecular formula is C20H28N2O3. The lowest BCUT2D eigenvalue weighted by molar-refractivity contribution is 0.0943. The lowest BCUT2D eigenvalue weighted by Crippen LogP contribution is -2.30. The van der Waals surface area contributed by atoms with E-state index in [-0.39, 0.29) is 18.4 Å². The summed E-state index contributed by atoms with van der Waals surface area (Å²) in [5.41, 5.74) is 2.85. The molecule has 1 aliphatic carbocycles. The number of hydrogen-bond donors (Lipinski definition) is 2. The lowest BCUT2D eigenvalue weighted by atomic mass is 10.1. The molecule has 25 heavy (non-hydrogen) atoms. The first-order valence-corrected chi connectivity index (χ1v) is 9.14. The van der Waals surface area contributed by atoms with Crippen LogP contribution in [0.15, 0.2) is 18.2 Å². The fourth-order valence-corrected chi connectivity index (χ4v) is 3.89. The van der Waals surface area contributed by atoms with E-state index in [1.807, 2.05) is 26.0 Å². The number of fused-ring (bicyclic) bond motifs is 1. The van der Waals surface area contributed by atoms with Crippen molar-refractivity contribution in [2.75, 3.05) is 20.3 Å². The number of aromatic nitrogens is 1. The van der Waals surface area contributed by atoms with Crippen molar-refractivity contribution in [1.82, 2.24) is 9.88 Å². The number of hydrogen-bond acceptors (Lipinski definition) is 3. The number of carbonyl (C=O) groups is 1. The zero-order valence-electron chi connectivity index (χ0n) is 15.3. The molecule has 5 heteroatoms. The standard InChI is InChI=1S/C20H28N2O3/c1-13(12-23)11-21-20(24)19-14(2)22(15-6-4-5-7-15)18-9-8-16(25-3)10-17(18)19/h8-10,13,15,23H,4-7,11-12H2,1-3H3,(H,21,24). The lowest BCUT2D eigenvalue weighted by Gasteiger charge is -2.16. The van der Waals surface area contributed by atoms with Crippen LogP contribution >= 0.6 is 0 Å². The van der Waals surface area contributed by atoms with Crippen LogP contribution in [0.2, 0.25) is 0 Å². The van der Waals surface area contributed by atoms with Gasteiger partial charge in [0.2, 0.25) is 0 Å². The van der Waals surface area contributed by atoms with Gasteiger partial charge in [-0.3, -0.25) is 4.79 Å². The van der Waals surface area contributed by atoms with E-state index in [2.05, 4.69) is 16.0 Å². The Kier molecular flexibility index (Phi) is 5.33. The molecule has 0 spiro atoms. The normalized spacial score (nSPS) is 16.3. The van der Waals surface area contributed by atoms with E-state index in [9.17, 15) is 9.90 Å². The van der Waals surface area contributed by atoms with Crippen LogP contribution in [0.1, 0.15) is 54.7 Å². The van der Waals surface area contributed by atoms with Crippen LogP contribution in [0.5, 0.6) is 5.75 Å². The van der Waals surface area contributed by atoms with Gasteiger partial charge in [-0.15, -0.1) is 0 Å². The number of carbonyl (C=O) groups excluding carboxylic acids is 1. The number of amides is 1. The first-order chi connectivity index (χ1) is 12.1. The van der Waals surface area contributed by atoms with Gasteiger partial charge in [0.15, 0.2) is 0 Å². The molecular weight excluding hydrogens is 316 g/mol. The molecule has 5 nitrogen and oxygen atoms in total. The summed E-state index contributed by atoms with van der Waals surface area (Å²) in [5, 5.41) is 13.1. The Bertz CT molecular complexity index is 760. The highest BCUT2D eigenvalue weighted by Gasteiger charge is 2.26. The molecule has 1 aromatic carbocycles. The van der Waals surface area contributed by atoms with E-state index in [4.69, 9.17) is 4.74 Å². The fourth-order valence-electron chi connectivity index (χ4n) is 3.89. The summed E-state index contributed by atoms with van der Waals surface area (Å²) in [4.78, 5) is 12.9. The number of rotatable bonds is 6. The third-order valence-electron chi connectivity index (χ3n) is 5.30. The second kappa shape index (κ2) is 7.48. The third-order valence-corrected chi connectivity index (χ3v) is 5.30. The van der Waals surface area contributed by atoms with Crippen molar-refractivity contribution in [3.63, 3.8) is 0 Å². The van der Waals surface area contributed by atoms with Crippen molar-refractivity contribution in [2.45, 2.75) is 45.6 Å². The zero-order chi connectivity index (χ0) is 18.0. The Morgan fingerprint density at radius 1 is 1.40 bits per heavy atom. The molecule has 2 aromatic rings. The number of methoxy groups -OCH3 is 1. The monoisotopic (exact) mass is 344 g/mol. The quantitative estimate of drug-likeness (QED) is 0.844. The number of nitrogens with one attached hydrogen (secondary N) is 1. The van der Waals surface area contributed by atoms with E-state index in [1.165, 1.54) is 25.7 Å². The van der Waals surface area contributed by atoms with E-state index in [0.29, 0.717) is 12.6 Å². The summed E-state index contributed by atoms with van der Waals surface area (Å²) in [6.45, 7) is 4.49. The Hall–Kier alpha value is -2.01. The number of aliphatic hydroxyl groups is 1. The van der Waals surface area contributed by atoms with Gasteiger partial charge in [0.05, 0.1) is 12.7 Å². The maximum atomic E-state index is 12.9. The summed E-state index contributed by atoms with van der Waals surface area (Å²) < 4.78 is 7.71. The summed E-state index contributed by atoms with van der Waals surface area (Å²) >= 11 is 0. The highest BCUT2D eigenvalue weighted by molar-refractivity contribution is 6.08. The largest absolute Gasteiger partial charge is 0.497 e. The van der Waals surface area contributed by atoms with E-state index < -0.39 is 0 Å². The summed E-state index contributed by atoms with van der Waals surface area (Å²) in [6, 6.07) is 6.45. The van der Waals surface area contributed by atoms with Gasteiger partial charge < -0.3 is 19.7 Å². The summed E-state index contributed by atoms with van der Waals surface area (Å²) in [7, 11) is 1.64. The summed E-state index contributed by atoms with van der Waals surface area (Å²) in [6.07, 6.45) is 4.82. The van der Waals surface area contributed by atoms with E-state index >= 15 is 0 Å². The number of aliphatic hydroxyl groups excluding tert-OH is 1. The van der Waals surface area contributed by atoms with Crippen molar-refractivity contribution in [3.8, 4) is 5.75 Å². The Labute approximate surface area is 149 Å². The molecule has 1 aromatic heterocycles. The van der Waals surface area contributed by atoms with E-state index in [0.717, 1.165) is 27.9 Å². The molecule has 2 N–H and O–H groups in total. The third kappa shape index (κ3) is 3.38. The maximum Gasteiger partial charge on any atom is 0.253 e. The topological polar surface area (TPSA) is 63.5 Å². The summed E-state index contributed by atoms with van der Waals surface area (Å²) in [5.74, 6) is 0.726. The van der Waals surface area contributed by atoms with Crippen LogP contribution in [-0.2, 0) is 0 Å². The molecule has 0 radical (unpaired) electrons. The minimum atomic E-state index is -0.0761. The van der Waals surface area contributed by atoms with Gasteiger partial charge in [-0.1, -0.05) is 19.8 Å². The van der Waals surface area contributed by atoms with Gasteiger partial charge in [0, 0.05) is 35.8 Å². The van der Waals surface area contributed by atoms with Gasteiger partial charge in [-0.25, -0.2) is 0 Å². The second-order valence-electron chi connectivity index (χ2n) is 7.15. The number of nitrogens with zero attached hydrogens (tertiary/aromatic N) is 1. The van der Waals surface area contributed by atoms with Crippen LogP contribution < -0.4 is 10.1 Å². The maximum absolute atomic E-state index is 12.9. The van der Waals surface area contributed by atoms with Gasteiger partial charge in [0.25, 0.3) is 5.91 Å². The van der Waals surface area contributed by atoms with Crippen LogP contribution in [0.25, 0.3) is 10.9 Å². The molecule has 1 fully saturated rings. The molecule has 0 bridgehead atoms. The van der Waals surface area contributed by atoms with Crippen molar-refractivity contribution in [1.29, 1.82) is 0 Å². The predicted octanol–water partition coefficient (Wildman–Crippen LogP) is 3.43. The molecule has 1 unspecified atom stereocenters. The molecule has 1 heterocycles. The average Bonchev–Trinajstić information content (AvgIpc) is 3.23. The minimum absolute atomic E-state index is 0.0435. The fraction of sp³-hybridized carbons (Fsp3) is 0.550. The predicted molar refractivity (Wildman–Crippen MR) is 99.3 cm³/mol. The van der Waals surface area contributed by atoms with Crippen LogP contribution in [0.4, 0.5) is 0 Å². The second-order valence-corrected chi connectivity index (χ2v) is 7.15. The number of ether oxygens (including phenoxy) is 1. The van der Waals surface area contributed by atoms with Crippen molar-refractivity contribution < 1.29 is 14.6 Å². The first kappa shape index (κ1) is 17.8. The number of benzene rings is 1. The van der Waals surface area contributed by atoms with Gasteiger partial charge in [0.1, 0.15) is 5.75 Å². The Morgan fingerprint density at radius 2 is 2.12 bits per heavy atom. The van der Waals surface area contributed by atoms with Crippen LogP contribution in [0, 0.1) is 12.8 Å². The molecule has 136 valence electrons. The highest BCUT2D eigenvalue weighted by Crippen LogP contribution is 2.38. The van der Waals surface area contributed by atoms with Crippen LogP contribution in [-0.4, -0.2) is 35.8 Å². The molecule has 3 rings (SSSR count). The highest BCUT2D eigenvalue weighted by atomic mass is 16.5. The smallest absolute Gasteiger partial charge is 0.253 e. The zero-order valence-corrected chi connectivity index (χ0v) is 15.3. The van der Waals surface area contributed by atoms with Crippen LogP contribution in [0.3, 0.4) is 0 Å². The Morgan fingerprint density at radius 3 is 2.76 bits per heavy atom. The van der Waals surface area contributed by atoms with Gasteiger partial charge in [-0.05, 0) is 43.9 Å².